The number of fused-ring (bicyclic) bond motifs is 1. The Morgan fingerprint density at radius 3 is 2.86 bits per heavy atom. The summed E-state index contributed by atoms with van der Waals surface area (Å²) < 4.78 is 32.5. The first kappa shape index (κ1) is 13.8. The van der Waals surface area contributed by atoms with E-state index in [-0.39, 0.29) is 4.90 Å². The average molecular weight is 304 g/mol. The summed E-state index contributed by atoms with van der Waals surface area (Å²) in [5.74, 6) is 0.603. The van der Waals surface area contributed by atoms with Crippen molar-refractivity contribution in [1.82, 2.24) is 0 Å². The van der Waals surface area contributed by atoms with Crippen LogP contribution >= 0.6 is 0 Å². The van der Waals surface area contributed by atoms with Crippen molar-refractivity contribution in [3.05, 3.63) is 48.0 Å². The van der Waals surface area contributed by atoms with Gasteiger partial charge in [-0.3, -0.25) is 4.72 Å². The lowest BCUT2D eigenvalue weighted by Gasteiger charge is -2.10. The van der Waals surface area contributed by atoms with Gasteiger partial charge in [-0.2, -0.15) is 0 Å². The second-order valence-electron chi connectivity index (χ2n) is 4.83. The van der Waals surface area contributed by atoms with Crippen molar-refractivity contribution in [2.45, 2.75) is 11.3 Å². The van der Waals surface area contributed by atoms with Crippen LogP contribution in [0.2, 0.25) is 0 Å². The van der Waals surface area contributed by atoms with Crippen molar-refractivity contribution in [3.63, 3.8) is 0 Å². The van der Waals surface area contributed by atoms with Crippen LogP contribution in [0.4, 0.5) is 11.4 Å². The molecule has 3 rings (SSSR count). The van der Waals surface area contributed by atoms with E-state index >= 15 is 0 Å². The Bertz CT molecular complexity index is 772. The minimum Gasteiger partial charge on any atom is -0.497 e. The van der Waals surface area contributed by atoms with E-state index in [9.17, 15) is 8.42 Å². The predicted molar refractivity (Wildman–Crippen MR) is 82.4 cm³/mol. The third-order valence-electron chi connectivity index (χ3n) is 3.42. The Labute approximate surface area is 124 Å². The lowest BCUT2D eigenvalue weighted by atomic mass is 10.2. The van der Waals surface area contributed by atoms with Gasteiger partial charge >= 0.3 is 0 Å². The fourth-order valence-corrected chi connectivity index (χ4v) is 3.41. The van der Waals surface area contributed by atoms with Crippen molar-refractivity contribution in [1.29, 1.82) is 0 Å². The van der Waals surface area contributed by atoms with Gasteiger partial charge in [0.15, 0.2) is 0 Å². The van der Waals surface area contributed by atoms with E-state index in [0.29, 0.717) is 11.4 Å². The highest BCUT2D eigenvalue weighted by Crippen LogP contribution is 2.27. The summed E-state index contributed by atoms with van der Waals surface area (Å²) in [5.41, 5.74) is 2.52. The van der Waals surface area contributed by atoms with Crippen molar-refractivity contribution >= 4 is 21.4 Å². The molecule has 1 aliphatic rings. The molecule has 2 aromatic carbocycles. The largest absolute Gasteiger partial charge is 0.497 e. The van der Waals surface area contributed by atoms with Crippen LogP contribution in [-0.4, -0.2) is 22.1 Å². The molecule has 110 valence electrons. The fraction of sp³-hybridized carbons (Fsp3) is 0.200. The molecular formula is C15H16N2O3S. The standard InChI is InChI=1S/C15H16N2O3S/c1-20-13-4-2-3-12(9-13)17-21(18,19)14-6-5-11-7-8-16-15(11)10-14/h2-6,9-10,16-17H,7-8H2,1H3. The van der Waals surface area contributed by atoms with Crippen LogP contribution in [0.25, 0.3) is 0 Å². The Morgan fingerprint density at radius 2 is 2.05 bits per heavy atom. The first-order valence-corrected chi connectivity index (χ1v) is 8.10. The normalized spacial score (nSPS) is 13.4. The van der Waals surface area contributed by atoms with Gasteiger partial charge in [0.1, 0.15) is 5.75 Å². The highest BCUT2D eigenvalue weighted by atomic mass is 32.2. The number of methoxy groups -OCH3 is 1. The van der Waals surface area contributed by atoms with Gasteiger partial charge in [0.2, 0.25) is 0 Å². The molecular weight excluding hydrogens is 288 g/mol. The Kier molecular flexibility index (Phi) is 3.47. The Morgan fingerprint density at radius 1 is 1.19 bits per heavy atom. The fourth-order valence-electron chi connectivity index (χ4n) is 2.34. The van der Waals surface area contributed by atoms with Crippen LogP contribution in [0, 0.1) is 0 Å². The monoisotopic (exact) mass is 304 g/mol. The molecule has 0 aliphatic carbocycles. The van der Waals surface area contributed by atoms with Crippen LogP contribution < -0.4 is 14.8 Å². The molecule has 1 aliphatic heterocycles. The van der Waals surface area contributed by atoms with Gasteiger partial charge in [-0.05, 0) is 36.2 Å². The van der Waals surface area contributed by atoms with Gasteiger partial charge in [-0.1, -0.05) is 12.1 Å². The summed E-state index contributed by atoms with van der Waals surface area (Å²) >= 11 is 0. The molecule has 0 unspecified atom stereocenters. The third-order valence-corrected chi connectivity index (χ3v) is 4.80. The molecule has 2 N–H and O–H groups in total. The minimum atomic E-state index is -3.61. The zero-order chi connectivity index (χ0) is 14.9. The zero-order valence-corrected chi connectivity index (χ0v) is 12.4. The van der Waals surface area contributed by atoms with E-state index in [0.717, 1.165) is 24.2 Å². The number of sulfonamides is 1. The summed E-state index contributed by atoms with van der Waals surface area (Å²) in [5, 5.41) is 3.18. The molecule has 0 saturated heterocycles. The molecule has 1 heterocycles. The van der Waals surface area contributed by atoms with E-state index in [1.54, 1.807) is 43.5 Å². The molecule has 0 bridgehead atoms. The second-order valence-corrected chi connectivity index (χ2v) is 6.52. The van der Waals surface area contributed by atoms with Gasteiger partial charge < -0.3 is 10.1 Å². The summed E-state index contributed by atoms with van der Waals surface area (Å²) in [7, 11) is -2.06. The van der Waals surface area contributed by atoms with Gasteiger partial charge in [0.05, 0.1) is 17.7 Å². The number of benzene rings is 2. The van der Waals surface area contributed by atoms with E-state index in [2.05, 4.69) is 10.0 Å². The van der Waals surface area contributed by atoms with Gasteiger partial charge in [0, 0.05) is 18.3 Å². The van der Waals surface area contributed by atoms with Gasteiger partial charge in [-0.15, -0.1) is 0 Å². The molecule has 0 radical (unpaired) electrons. The van der Waals surface area contributed by atoms with Crippen LogP contribution in [0.1, 0.15) is 5.56 Å². The summed E-state index contributed by atoms with van der Waals surface area (Å²) in [6, 6.07) is 12.0. The molecule has 0 saturated carbocycles. The Hall–Kier alpha value is -2.21. The van der Waals surface area contributed by atoms with E-state index in [1.807, 2.05) is 6.07 Å². The quantitative estimate of drug-likeness (QED) is 0.910. The topological polar surface area (TPSA) is 67.4 Å². The van der Waals surface area contributed by atoms with Gasteiger partial charge in [-0.25, -0.2) is 8.42 Å². The number of hydrogen-bond donors (Lipinski definition) is 2. The van der Waals surface area contributed by atoms with Crippen LogP contribution in [0.5, 0.6) is 5.75 Å². The number of hydrogen-bond acceptors (Lipinski definition) is 4. The molecule has 0 aromatic heterocycles. The molecule has 5 nitrogen and oxygen atoms in total. The maximum Gasteiger partial charge on any atom is 0.261 e. The van der Waals surface area contributed by atoms with E-state index in [1.165, 1.54) is 0 Å². The maximum absolute atomic E-state index is 12.4. The van der Waals surface area contributed by atoms with Crippen molar-refractivity contribution in [2.24, 2.45) is 0 Å². The Balaban J connectivity index is 1.89. The lowest BCUT2D eigenvalue weighted by molar-refractivity contribution is 0.415. The van der Waals surface area contributed by atoms with E-state index in [4.69, 9.17) is 4.74 Å². The molecule has 0 spiro atoms. The zero-order valence-electron chi connectivity index (χ0n) is 11.6. The molecule has 0 fully saturated rings. The summed E-state index contributed by atoms with van der Waals surface area (Å²) in [6.07, 6.45) is 0.930. The average Bonchev–Trinajstić information content (AvgIpc) is 2.94. The highest BCUT2D eigenvalue weighted by Gasteiger charge is 2.18. The number of rotatable bonds is 4. The summed E-state index contributed by atoms with van der Waals surface area (Å²) in [4.78, 5) is 0.249. The minimum absolute atomic E-state index is 0.249. The number of nitrogens with one attached hydrogen (secondary N) is 2. The number of anilines is 2. The van der Waals surface area contributed by atoms with Crippen LogP contribution in [0.3, 0.4) is 0 Å². The van der Waals surface area contributed by atoms with Gasteiger partial charge in [0.25, 0.3) is 10.0 Å². The molecule has 0 atom stereocenters. The van der Waals surface area contributed by atoms with E-state index < -0.39 is 10.0 Å². The third kappa shape index (κ3) is 2.80. The first-order chi connectivity index (χ1) is 10.1. The molecule has 2 aromatic rings. The van der Waals surface area contributed by atoms with Crippen LogP contribution in [-0.2, 0) is 16.4 Å². The second kappa shape index (κ2) is 5.29. The van der Waals surface area contributed by atoms with Crippen LogP contribution in [0.15, 0.2) is 47.4 Å². The maximum atomic E-state index is 12.4. The smallest absolute Gasteiger partial charge is 0.261 e. The first-order valence-electron chi connectivity index (χ1n) is 6.62. The molecule has 0 amide bonds. The highest BCUT2D eigenvalue weighted by molar-refractivity contribution is 7.92. The molecule has 21 heavy (non-hydrogen) atoms. The van der Waals surface area contributed by atoms with Crippen molar-refractivity contribution < 1.29 is 13.2 Å². The lowest BCUT2D eigenvalue weighted by Crippen LogP contribution is -2.13. The predicted octanol–water partition coefficient (Wildman–Crippen LogP) is 2.46. The SMILES string of the molecule is COc1cccc(NS(=O)(=O)c2ccc3c(c2)NCC3)c1. The number of ether oxygens (including phenoxy) is 1. The van der Waals surface area contributed by atoms with Crippen molar-refractivity contribution in [3.8, 4) is 5.75 Å². The molecule has 6 heteroatoms. The van der Waals surface area contributed by atoms with Crippen molar-refractivity contribution in [2.75, 3.05) is 23.7 Å². The summed E-state index contributed by atoms with van der Waals surface area (Å²) in [6.45, 7) is 0.849.